The lowest BCUT2D eigenvalue weighted by atomic mass is 9.84. The van der Waals surface area contributed by atoms with Gasteiger partial charge in [0.2, 0.25) is 0 Å². The highest BCUT2D eigenvalue weighted by molar-refractivity contribution is 8.13. The number of thioether (sulfide) groups is 1. The van der Waals surface area contributed by atoms with Crippen molar-refractivity contribution in [3.63, 3.8) is 0 Å². The van der Waals surface area contributed by atoms with Crippen LogP contribution in [-0.2, 0) is 0 Å². The van der Waals surface area contributed by atoms with Gasteiger partial charge in [0, 0.05) is 5.70 Å². The van der Waals surface area contributed by atoms with E-state index in [-0.39, 0.29) is 6.04 Å². The molecule has 0 bridgehead atoms. The largest absolute Gasteiger partial charge is 0.335 e. The van der Waals surface area contributed by atoms with Crippen LogP contribution in [0.25, 0.3) is 6.08 Å². The van der Waals surface area contributed by atoms with Crippen LogP contribution in [0.3, 0.4) is 0 Å². The Hall–Kier alpha value is -2.26. The van der Waals surface area contributed by atoms with Gasteiger partial charge in [-0.3, -0.25) is 0 Å². The van der Waals surface area contributed by atoms with Crippen LogP contribution < -0.4 is 5.32 Å². The van der Waals surface area contributed by atoms with Crippen LogP contribution in [-0.4, -0.2) is 11.4 Å². The number of aliphatic imine (C=N–C) groups is 1. The molecule has 2 nitrogen and oxygen atoms in total. The van der Waals surface area contributed by atoms with E-state index in [0.717, 1.165) is 18.0 Å². The summed E-state index contributed by atoms with van der Waals surface area (Å²) in [6.45, 7) is 0. The minimum Gasteiger partial charge on any atom is -0.335 e. The van der Waals surface area contributed by atoms with Crippen molar-refractivity contribution in [2.75, 3.05) is 6.26 Å². The molecule has 1 atom stereocenters. The van der Waals surface area contributed by atoms with Crippen molar-refractivity contribution in [1.82, 2.24) is 5.32 Å². The van der Waals surface area contributed by atoms with Crippen molar-refractivity contribution >= 4 is 23.0 Å². The van der Waals surface area contributed by atoms with E-state index in [1.165, 1.54) is 34.4 Å². The van der Waals surface area contributed by atoms with Gasteiger partial charge in [-0.15, -0.1) is 0 Å². The van der Waals surface area contributed by atoms with Gasteiger partial charge in [0.1, 0.15) is 6.04 Å². The second-order valence-electron chi connectivity index (χ2n) is 6.41. The van der Waals surface area contributed by atoms with Gasteiger partial charge in [0.05, 0.1) is 0 Å². The fourth-order valence-electron chi connectivity index (χ4n) is 3.60. The van der Waals surface area contributed by atoms with Crippen molar-refractivity contribution in [2.24, 2.45) is 4.99 Å². The predicted octanol–water partition coefficient (Wildman–Crippen LogP) is 5.57. The molecule has 3 heteroatoms. The molecule has 126 valence electrons. The molecule has 0 saturated carbocycles. The summed E-state index contributed by atoms with van der Waals surface area (Å²) in [4.78, 5) is 4.98. The molecule has 2 aromatic rings. The average Bonchev–Trinajstić information content (AvgIpc) is 2.69. The topological polar surface area (TPSA) is 24.4 Å². The molecule has 2 aromatic carbocycles. The van der Waals surface area contributed by atoms with E-state index in [9.17, 15) is 0 Å². The highest BCUT2D eigenvalue weighted by atomic mass is 32.2. The summed E-state index contributed by atoms with van der Waals surface area (Å²) in [5, 5.41) is 4.61. The molecule has 4 rings (SSSR count). The fourth-order valence-corrected chi connectivity index (χ4v) is 4.02. The SMILES string of the molecule is CSC1=NC(c2ccccc2)C2=C(N1)/C(=C/c1ccccc1)CCC2. The third-order valence-electron chi connectivity index (χ3n) is 4.79. The average molecular weight is 346 g/mol. The van der Waals surface area contributed by atoms with E-state index >= 15 is 0 Å². The number of hydrogen-bond donors (Lipinski definition) is 1. The number of allylic oxidation sites excluding steroid dienone is 1. The summed E-state index contributed by atoms with van der Waals surface area (Å²) in [6, 6.07) is 21.4. The number of nitrogens with zero attached hydrogens (tertiary/aromatic N) is 1. The Balaban J connectivity index is 1.78. The molecule has 0 saturated heterocycles. The summed E-state index contributed by atoms with van der Waals surface area (Å²) >= 11 is 1.69. The molecule has 1 heterocycles. The van der Waals surface area contributed by atoms with Gasteiger partial charge in [0.25, 0.3) is 0 Å². The van der Waals surface area contributed by atoms with Crippen LogP contribution in [0.2, 0.25) is 0 Å². The van der Waals surface area contributed by atoms with E-state index in [1.54, 1.807) is 11.8 Å². The first-order valence-electron chi connectivity index (χ1n) is 8.78. The zero-order valence-electron chi connectivity index (χ0n) is 14.4. The van der Waals surface area contributed by atoms with E-state index in [2.05, 4.69) is 78.3 Å². The van der Waals surface area contributed by atoms with Crippen LogP contribution in [0.5, 0.6) is 0 Å². The van der Waals surface area contributed by atoms with E-state index in [4.69, 9.17) is 4.99 Å². The molecule has 0 aromatic heterocycles. The van der Waals surface area contributed by atoms with Crippen molar-refractivity contribution in [2.45, 2.75) is 25.3 Å². The van der Waals surface area contributed by atoms with Crippen LogP contribution in [0.1, 0.15) is 36.4 Å². The molecule has 0 spiro atoms. The minimum absolute atomic E-state index is 0.138. The monoisotopic (exact) mass is 346 g/mol. The highest BCUT2D eigenvalue weighted by Crippen LogP contribution is 2.41. The highest BCUT2D eigenvalue weighted by Gasteiger charge is 2.29. The zero-order chi connectivity index (χ0) is 17.1. The van der Waals surface area contributed by atoms with Gasteiger partial charge < -0.3 is 5.32 Å². The Morgan fingerprint density at radius 1 is 1.00 bits per heavy atom. The van der Waals surface area contributed by atoms with Gasteiger partial charge in [-0.05, 0) is 53.9 Å². The lowest BCUT2D eigenvalue weighted by molar-refractivity contribution is 0.660. The Morgan fingerprint density at radius 2 is 1.72 bits per heavy atom. The fraction of sp³-hybridized carbons (Fsp3) is 0.227. The molecule has 0 amide bonds. The van der Waals surface area contributed by atoms with E-state index in [0.29, 0.717) is 0 Å². The molecule has 0 fully saturated rings. The van der Waals surface area contributed by atoms with Gasteiger partial charge in [0.15, 0.2) is 5.17 Å². The van der Waals surface area contributed by atoms with Crippen LogP contribution in [0, 0.1) is 0 Å². The van der Waals surface area contributed by atoms with Gasteiger partial charge >= 0.3 is 0 Å². The van der Waals surface area contributed by atoms with Crippen LogP contribution in [0.4, 0.5) is 0 Å². The second-order valence-corrected chi connectivity index (χ2v) is 7.21. The number of hydrogen-bond acceptors (Lipinski definition) is 3. The maximum absolute atomic E-state index is 4.98. The third kappa shape index (κ3) is 3.42. The standard InChI is InChI=1S/C22H22N2S/c1-25-22-23-20(17-11-6-3-7-12-17)19-14-8-13-18(21(19)24-22)15-16-9-4-2-5-10-16/h2-7,9-12,15,20H,8,13-14H2,1H3,(H,23,24)/b18-15+. The van der Waals surface area contributed by atoms with Crippen molar-refractivity contribution in [1.29, 1.82) is 0 Å². The van der Waals surface area contributed by atoms with Crippen molar-refractivity contribution in [3.05, 3.63) is 88.6 Å². The Morgan fingerprint density at radius 3 is 2.44 bits per heavy atom. The van der Waals surface area contributed by atoms with Crippen LogP contribution >= 0.6 is 11.8 Å². The molecule has 25 heavy (non-hydrogen) atoms. The van der Waals surface area contributed by atoms with E-state index in [1.807, 2.05) is 0 Å². The first kappa shape index (κ1) is 16.2. The second kappa shape index (κ2) is 7.32. The molecular weight excluding hydrogens is 324 g/mol. The lowest BCUT2D eigenvalue weighted by Gasteiger charge is -2.32. The summed E-state index contributed by atoms with van der Waals surface area (Å²) in [5.74, 6) is 0. The summed E-state index contributed by atoms with van der Waals surface area (Å²) < 4.78 is 0. The number of rotatable bonds is 2. The summed E-state index contributed by atoms with van der Waals surface area (Å²) in [6.07, 6.45) is 7.82. The first-order valence-corrected chi connectivity index (χ1v) is 10.0. The normalized spacial score (nSPS) is 21.6. The molecule has 2 aliphatic rings. The molecule has 0 radical (unpaired) electrons. The minimum atomic E-state index is 0.138. The molecular formula is C22H22N2S. The van der Waals surface area contributed by atoms with Gasteiger partial charge in [-0.1, -0.05) is 72.4 Å². The van der Waals surface area contributed by atoms with Crippen LogP contribution in [0.15, 0.2) is 82.5 Å². The number of amidine groups is 1. The smallest absolute Gasteiger partial charge is 0.161 e. The zero-order valence-corrected chi connectivity index (χ0v) is 15.2. The summed E-state index contributed by atoms with van der Waals surface area (Å²) in [7, 11) is 0. The van der Waals surface area contributed by atoms with Crippen molar-refractivity contribution in [3.8, 4) is 0 Å². The molecule has 1 aliphatic carbocycles. The lowest BCUT2D eigenvalue weighted by Crippen LogP contribution is -2.30. The number of nitrogens with one attached hydrogen (secondary N) is 1. The van der Waals surface area contributed by atoms with Crippen molar-refractivity contribution < 1.29 is 0 Å². The predicted molar refractivity (Wildman–Crippen MR) is 109 cm³/mol. The Kier molecular flexibility index (Phi) is 4.75. The van der Waals surface area contributed by atoms with E-state index < -0.39 is 0 Å². The third-order valence-corrected chi connectivity index (χ3v) is 5.39. The van der Waals surface area contributed by atoms with Gasteiger partial charge in [-0.25, -0.2) is 4.99 Å². The Labute approximate surface area is 153 Å². The molecule has 1 N–H and O–H groups in total. The molecule has 1 unspecified atom stereocenters. The maximum Gasteiger partial charge on any atom is 0.161 e. The first-order chi connectivity index (χ1) is 12.3. The number of benzene rings is 2. The molecule has 1 aliphatic heterocycles. The van der Waals surface area contributed by atoms with Gasteiger partial charge in [-0.2, -0.15) is 0 Å². The maximum atomic E-state index is 4.98. The summed E-state index contributed by atoms with van der Waals surface area (Å²) in [5.41, 5.74) is 6.66. The Bertz CT molecular complexity index is 835. The quantitative estimate of drug-likeness (QED) is 0.768.